The third-order valence-electron chi connectivity index (χ3n) is 2.54. The summed E-state index contributed by atoms with van der Waals surface area (Å²) in [6.45, 7) is 1.97. The normalized spacial score (nSPS) is 10.1. The van der Waals surface area contributed by atoms with Crippen molar-refractivity contribution in [2.75, 3.05) is 10.6 Å². The molecule has 0 saturated heterocycles. The molecule has 0 heterocycles. The molecule has 19 heavy (non-hydrogen) atoms. The first kappa shape index (κ1) is 14.3. The molecule has 0 aliphatic rings. The SMILES string of the molecule is Cc1cc(I)ccc1NC(=O)Nc1ccc(Br)cc1. The number of amides is 2. The molecular formula is C14H12BrIN2O. The Balaban J connectivity index is 2.03. The Morgan fingerprint density at radius 1 is 1.11 bits per heavy atom. The van der Waals surface area contributed by atoms with E-state index in [1.807, 2.05) is 49.4 Å². The second-order valence-corrected chi connectivity index (χ2v) is 6.21. The number of carbonyl (C=O) groups excluding carboxylic acids is 1. The van der Waals surface area contributed by atoms with Crippen molar-refractivity contribution in [1.29, 1.82) is 0 Å². The zero-order chi connectivity index (χ0) is 13.8. The molecule has 0 bridgehead atoms. The highest BCUT2D eigenvalue weighted by Crippen LogP contribution is 2.18. The van der Waals surface area contributed by atoms with Gasteiger partial charge in [-0.2, -0.15) is 0 Å². The quantitative estimate of drug-likeness (QED) is 0.646. The van der Waals surface area contributed by atoms with Crippen molar-refractivity contribution in [1.82, 2.24) is 0 Å². The van der Waals surface area contributed by atoms with Gasteiger partial charge in [0.1, 0.15) is 0 Å². The monoisotopic (exact) mass is 430 g/mol. The van der Waals surface area contributed by atoms with Gasteiger partial charge in [0, 0.05) is 19.4 Å². The molecule has 2 N–H and O–H groups in total. The standard InChI is InChI=1S/C14H12BrIN2O/c1-9-8-11(16)4-7-13(9)18-14(19)17-12-5-2-10(15)3-6-12/h2-8H,1H3,(H2,17,18,19). The van der Waals surface area contributed by atoms with Crippen LogP contribution in [0.5, 0.6) is 0 Å². The van der Waals surface area contributed by atoms with E-state index in [1.165, 1.54) is 0 Å². The summed E-state index contributed by atoms with van der Waals surface area (Å²) in [7, 11) is 0. The van der Waals surface area contributed by atoms with E-state index in [1.54, 1.807) is 0 Å². The van der Waals surface area contributed by atoms with Crippen molar-refractivity contribution in [3.8, 4) is 0 Å². The zero-order valence-electron chi connectivity index (χ0n) is 10.2. The Morgan fingerprint density at radius 2 is 1.79 bits per heavy atom. The maximum Gasteiger partial charge on any atom is 0.323 e. The highest BCUT2D eigenvalue weighted by atomic mass is 127. The minimum absolute atomic E-state index is 0.244. The smallest absolute Gasteiger partial charge is 0.308 e. The average Bonchev–Trinajstić information content (AvgIpc) is 2.36. The lowest BCUT2D eigenvalue weighted by Gasteiger charge is -2.10. The van der Waals surface area contributed by atoms with Crippen LogP contribution in [0, 0.1) is 10.5 Å². The molecule has 2 rings (SSSR count). The molecule has 98 valence electrons. The van der Waals surface area contributed by atoms with Crippen LogP contribution in [-0.4, -0.2) is 6.03 Å². The molecule has 0 radical (unpaired) electrons. The van der Waals surface area contributed by atoms with E-state index in [0.717, 1.165) is 25.0 Å². The second kappa shape index (κ2) is 6.38. The molecule has 0 unspecified atom stereocenters. The number of benzene rings is 2. The Bertz CT molecular complexity index is 599. The van der Waals surface area contributed by atoms with Crippen LogP contribution in [-0.2, 0) is 0 Å². The molecule has 0 aliphatic carbocycles. The van der Waals surface area contributed by atoms with Crippen LogP contribution >= 0.6 is 38.5 Å². The van der Waals surface area contributed by atoms with Crippen LogP contribution in [0.3, 0.4) is 0 Å². The minimum Gasteiger partial charge on any atom is -0.308 e. The lowest BCUT2D eigenvalue weighted by Crippen LogP contribution is -2.19. The lowest BCUT2D eigenvalue weighted by atomic mass is 10.2. The van der Waals surface area contributed by atoms with Gasteiger partial charge in [0.25, 0.3) is 0 Å². The summed E-state index contributed by atoms with van der Waals surface area (Å²) in [6.07, 6.45) is 0. The fourth-order valence-electron chi connectivity index (χ4n) is 1.59. The van der Waals surface area contributed by atoms with Gasteiger partial charge in [0.2, 0.25) is 0 Å². The van der Waals surface area contributed by atoms with E-state index in [0.29, 0.717) is 0 Å². The van der Waals surface area contributed by atoms with Gasteiger partial charge in [-0.1, -0.05) is 15.9 Å². The number of nitrogens with one attached hydrogen (secondary N) is 2. The van der Waals surface area contributed by atoms with Gasteiger partial charge in [-0.05, 0) is 77.5 Å². The largest absolute Gasteiger partial charge is 0.323 e. The van der Waals surface area contributed by atoms with Crippen molar-refractivity contribution in [2.24, 2.45) is 0 Å². The molecular weight excluding hydrogens is 419 g/mol. The fourth-order valence-corrected chi connectivity index (χ4v) is 2.50. The molecule has 0 atom stereocenters. The molecule has 2 amide bonds. The second-order valence-electron chi connectivity index (χ2n) is 4.05. The van der Waals surface area contributed by atoms with Gasteiger partial charge < -0.3 is 10.6 Å². The third kappa shape index (κ3) is 4.21. The van der Waals surface area contributed by atoms with Crippen molar-refractivity contribution >= 4 is 55.9 Å². The summed E-state index contributed by atoms with van der Waals surface area (Å²) in [4.78, 5) is 11.9. The number of halogens is 2. The highest BCUT2D eigenvalue weighted by molar-refractivity contribution is 14.1. The summed E-state index contributed by atoms with van der Waals surface area (Å²) < 4.78 is 2.13. The Morgan fingerprint density at radius 3 is 2.42 bits per heavy atom. The predicted molar refractivity (Wildman–Crippen MR) is 90.7 cm³/mol. The van der Waals surface area contributed by atoms with E-state index in [-0.39, 0.29) is 6.03 Å². The topological polar surface area (TPSA) is 41.1 Å². The van der Waals surface area contributed by atoms with Gasteiger partial charge in [-0.3, -0.25) is 0 Å². The molecule has 0 fully saturated rings. The number of aryl methyl sites for hydroxylation is 1. The van der Waals surface area contributed by atoms with Crippen LogP contribution < -0.4 is 10.6 Å². The molecule has 3 nitrogen and oxygen atoms in total. The summed E-state index contributed by atoms with van der Waals surface area (Å²) in [6, 6.07) is 13.1. The van der Waals surface area contributed by atoms with Crippen molar-refractivity contribution in [2.45, 2.75) is 6.92 Å². The van der Waals surface area contributed by atoms with E-state index >= 15 is 0 Å². The van der Waals surface area contributed by atoms with Crippen LogP contribution in [0.4, 0.5) is 16.2 Å². The number of rotatable bonds is 2. The van der Waals surface area contributed by atoms with Gasteiger partial charge >= 0.3 is 6.03 Å². The zero-order valence-corrected chi connectivity index (χ0v) is 13.9. The van der Waals surface area contributed by atoms with E-state index in [2.05, 4.69) is 49.2 Å². The molecule has 5 heteroatoms. The minimum atomic E-state index is -0.244. The van der Waals surface area contributed by atoms with Gasteiger partial charge in [-0.25, -0.2) is 4.79 Å². The maximum atomic E-state index is 11.9. The van der Waals surface area contributed by atoms with Crippen LogP contribution in [0.1, 0.15) is 5.56 Å². The number of carbonyl (C=O) groups is 1. The average molecular weight is 431 g/mol. The Kier molecular flexibility index (Phi) is 4.81. The first-order valence-corrected chi connectivity index (χ1v) is 7.51. The molecule has 0 saturated carbocycles. The summed E-state index contributed by atoms with van der Waals surface area (Å²) in [5.41, 5.74) is 2.61. The molecule has 2 aromatic carbocycles. The van der Waals surface area contributed by atoms with Crippen LogP contribution in [0.2, 0.25) is 0 Å². The molecule has 0 aromatic heterocycles. The summed E-state index contributed by atoms with van der Waals surface area (Å²) >= 11 is 5.60. The highest BCUT2D eigenvalue weighted by Gasteiger charge is 2.05. The van der Waals surface area contributed by atoms with E-state index in [4.69, 9.17) is 0 Å². The Labute approximate surface area is 134 Å². The van der Waals surface area contributed by atoms with Gasteiger partial charge in [-0.15, -0.1) is 0 Å². The first-order valence-electron chi connectivity index (χ1n) is 5.64. The van der Waals surface area contributed by atoms with E-state index in [9.17, 15) is 4.79 Å². The fraction of sp³-hybridized carbons (Fsp3) is 0.0714. The van der Waals surface area contributed by atoms with Crippen molar-refractivity contribution < 1.29 is 4.79 Å². The van der Waals surface area contributed by atoms with E-state index < -0.39 is 0 Å². The van der Waals surface area contributed by atoms with Crippen LogP contribution in [0.15, 0.2) is 46.9 Å². The summed E-state index contributed by atoms with van der Waals surface area (Å²) in [5.74, 6) is 0. The van der Waals surface area contributed by atoms with Crippen molar-refractivity contribution in [3.05, 3.63) is 56.1 Å². The number of anilines is 2. The molecule has 2 aromatic rings. The summed E-state index contributed by atoms with van der Waals surface area (Å²) in [5, 5.41) is 5.62. The lowest BCUT2D eigenvalue weighted by molar-refractivity contribution is 0.262. The predicted octanol–water partition coefficient (Wildman–Crippen LogP) is 5.01. The molecule has 0 aliphatic heterocycles. The van der Waals surface area contributed by atoms with Crippen LogP contribution in [0.25, 0.3) is 0 Å². The van der Waals surface area contributed by atoms with Gasteiger partial charge in [0.15, 0.2) is 0 Å². The maximum absolute atomic E-state index is 11.9. The number of hydrogen-bond donors (Lipinski definition) is 2. The number of hydrogen-bond acceptors (Lipinski definition) is 1. The van der Waals surface area contributed by atoms with Crippen molar-refractivity contribution in [3.63, 3.8) is 0 Å². The third-order valence-corrected chi connectivity index (χ3v) is 3.74. The molecule has 0 spiro atoms. The number of urea groups is 1. The Hall–Kier alpha value is -1.08. The van der Waals surface area contributed by atoms with Gasteiger partial charge in [0.05, 0.1) is 0 Å². The first-order chi connectivity index (χ1) is 9.04.